The normalized spacial score (nSPS) is 46.5. The fraction of sp³-hybridized carbons (Fsp3) is 1.00. The molecule has 1 saturated heterocycles. The van der Waals surface area contributed by atoms with Crippen molar-refractivity contribution >= 4 is 0 Å². The standard InChI is InChI=1S/C16H32N2/c1-6-14-7-8-16(12(14)3)18-10-9-15(17-5)11(2)13(18)4/h11-17H,6-10H2,1-5H3. The minimum Gasteiger partial charge on any atom is -0.317 e. The average molecular weight is 252 g/mol. The molecule has 2 rings (SSSR count). The first-order valence-corrected chi connectivity index (χ1v) is 8.03. The van der Waals surface area contributed by atoms with E-state index >= 15 is 0 Å². The Balaban J connectivity index is 2.02. The first-order valence-electron chi connectivity index (χ1n) is 8.03. The largest absolute Gasteiger partial charge is 0.317 e. The molecule has 2 aliphatic rings. The maximum absolute atomic E-state index is 3.50. The van der Waals surface area contributed by atoms with Gasteiger partial charge in [0.2, 0.25) is 0 Å². The summed E-state index contributed by atoms with van der Waals surface area (Å²) in [4.78, 5) is 2.83. The SMILES string of the molecule is CCC1CCC(N2CCC(NC)C(C)C2C)C1C. The summed E-state index contributed by atoms with van der Waals surface area (Å²) in [7, 11) is 2.12. The van der Waals surface area contributed by atoms with Crippen LogP contribution in [0, 0.1) is 17.8 Å². The number of rotatable bonds is 3. The maximum atomic E-state index is 3.50. The van der Waals surface area contributed by atoms with Gasteiger partial charge in [0, 0.05) is 24.7 Å². The zero-order valence-corrected chi connectivity index (χ0v) is 12.9. The highest BCUT2D eigenvalue weighted by Gasteiger charge is 2.41. The van der Waals surface area contributed by atoms with Crippen molar-refractivity contribution in [2.24, 2.45) is 17.8 Å². The van der Waals surface area contributed by atoms with Crippen molar-refractivity contribution in [1.82, 2.24) is 10.2 Å². The molecule has 0 radical (unpaired) electrons. The lowest BCUT2D eigenvalue weighted by atomic mass is 9.84. The lowest BCUT2D eigenvalue weighted by Crippen LogP contribution is -2.56. The molecule has 0 aromatic heterocycles. The van der Waals surface area contributed by atoms with Gasteiger partial charge < -0.3 is 5.32 Å². The van der Waals surface area contributed by atoms with E-state index in [0.717, 1.165) is 35.9 Å². The highest BCUT2D eigenvalue weighted by molar-refractivity contribution is 4.96. The molecular weight excluding hydrogens is 220 g/mol. The van der Waals surface area contributed by atoms with E-state index in [-0.39, 0.29) is 0 Å². The molecule has 0 bridgehead atoms. The highest BCUT2D eigenvalue weighted by atomic mass is 15.2. The molecule has 1 saturated carbocycles. The van der Waals surface area contributed by atoms with Crippen LogP contribution in [0.1, 0.15) is 53.4 Å². The predicted molar refractivity (Wildman–Crippen MR) is 78.8 cm³/mol. The topological polar surface area (TPSA) is 15.3 Å². The molecule has 6 atom stereocenters. The second kappa shape index (κ2) is 5.92. The molecule has 1 N–H and O–H groups in total. The predicted octanol–water partition coefficient (Wildman–Crippen LogP) is 3.13. The summed E-state index contributed by atoms with van der Waals surface area (Å²) in [6.07, 6.45) is 5.58. The minimum absolute atomic E-state index is 0.718. The van der Waals surface area contributed by atoms with Crippen molar-refractivity contribution in [3.8, 4) is 0 Å². The van der Waals surface area contributed by atoms with Gasteiger partial charge in [-0.05, 0) is 51.0 Å². The molecular formula is C16H32N2. The quantitative estimate of drug-likeness (QED) is 0.830. The lowest BCUT2D eigenvalue weighted by molar-refractivity contribution is 0.0321. The van der Waals surface area contributed by atoms with Crippen LogP contribution < -0.4 is 5.32 Å². The van der Waals surface area contributed by atoms with Crippen molar-refractivity contribution < 1.29 is 0 Å². The van der Waals surface area contributed by atoms with Gasteiger partial charge in [-0.15, -0.1) is 0 Å². The van der Waals surface area contributed by atoms with Crippen molar-refractivity contribution in [2.45, 2.75) is 71.5 Å². The third-order valence-corrected chi connectivity index (χ3v) is 6.12. The minimum atomic E-state index is 0.718. The molecule has 18 heavy (non-hydrogen) atoms. The van der Waals surface area contributed by atoms with Crippen molar-refractivity contribution in [3.05, 3.63) is 0 Å². The summed E-state index contributed by atoms with van der Waals surface area (Å²) in [5.74, 6) is 2.65. The monoisotopic (exact) mass is 252 g/mol. The van der Waals surface area contributed by atoms with Gasteiger partial charge in [0.15, 0.2) is 0 Å². The second-order valence-corrected chi connectivity index (χ2v) is 6.69. The summed E-state index contributed by atoms with van der Waals surface area (Å²) in [6, 6.07) is 2.30. The van der Waals surface area contributed by atoms with Gasteiger partial charge in [-0.2, -0.15) is 0 Å². The van der Waals surface area contributed by atoms with Gasteiger partial charge in [0.1, 0.15) is 0 Å². The zero-order valence-electron chi connectivity index (χ0n) is 12.9. The van der Waals surface area contributed by atoms with Crippen LogP contribution in [0.3, 0.4) is 0 Å². The Labute approximate surface area is 114 Å². The van der Waals surface area contributed by atoms with E-state index in [1.165, 1.54) is 32.2 Å². The van der Waals surface area contributed by atoms with Gasteiger partial charge in [-0.3, -0.25) is 4.90 Å². The van der Waals surface area contributed by atoms with Crippen LogP contribution >= 0.6 is 0 Å². The number of nitrogens with one attached hydrogen (secondary N) is 1. The Morgan fingerprint density at radius 3 is 2.33 bits per heavy atom. The summed E-state index contributed by atoms with van der Waals surface area (Å²) < 4.78 is 0. The van der Waals surface area contributed by atoms with Gasteiger partial charge in [-0.1, -0.05) is 27.2 Å². The molecule has 2 fully saturated rings. The molecule has 0 aromatic carbocycles. The Hall–Kier alpha value is -0.0800. The van der Waals surface area contributed by atoms with Gasteiger partial charge >= 0.3 is 0 Å². The third kappa shape index (κ3) is 2.46. The fourth-order valence-electron chi connectivity index (χ4n) is 4.54. The summed E-state index contributed by atoms with van der Waals surface area (Å²) in [6.45, 7) is 11.0. The summed E-state index contributed by atoms with van der Waals surface area (Å²) in [5.41, 5.74) is 0. The fourth-order valence-corrected chi connectivity index (χ4v) is 4.54. The first-order chi connectivity index (χ1) is 8.60. The summed E-state index contributed by atoms with van der Waals surface area (Å²) in [5, 5.41) is 3.50. The maximum Gasteiger partial charge on any atom is 0.0127 e. The molecule has 106 valence electrons. The number of nitrogens with zero attached hydrogens (tertiary/aromatic N) is 1. The average Bonchev–Trinajstić information content (AvgIpc) is 2.74. The van der Waals surface area contributed by atoms with E-state index in [4.69, 9.17) is 0 Å². The second-order valence-electron chi connectivity index (χ2n) is 6.69. The zero-order chi connectivity index (χ0) is 13.3. The number of hydrogen-bond acceptors (Lipinski definition) is 2. The van der Waals surface area contributed by atoms with Crippen molar-refractivity contribution in [2.75, 3.05) is 13.6 Å². The molecule has 1 heterocycles. The van der Waals surface area contributed by atoms with E-state index in [2.05, 4.69) is 45.0 Å². The Morgan fingerprint density at radius 1 is 1.06 bits per heavy atom. The smallest absolute Gasteiger partial charge is 0.0127 e. The van der Waals surface area contributed by atoms with Crippen molar-refractivity contribution in [3.63, 3.8) is 0 Å². The molecule has 0 aromatic rings. The van der Waals surface area contributed by atoms with Crippen LogP contribution in [-0.4, -0.2) is 36.6 Å². The Kier molecular flexibility index (Phi) is 4.71. The number of likely N-dealkylation sites (tertiary alicyclic amines) is 1. The van der Waals surface area contributed by atoms with Crippen LogP contribution in [-0.2, 0) is 0 Å². The van der Waals surface area contributed by atoms with Gasteiger partial charge in [0.25, 0.3) is 0 Å². The Bertz CT molecular complexity index is 266. The third-order valence-electron chi connectivity index (χ3n) is 6.12. The molecule has 2 nitrogen and oxygen atoms in total. The van der Waals surface area contributed by atoms with Crippen LogP contribution in [0.5, 0.6) is 0 Å². The van der Waals surface area contributed by atoms with Crippen LogP contribution in [0.15, 0.2) is 0 Å². The van der Waals surface area contributed by atoms with Crippen LogP contribution in [0.25, 0.3) is 0 Å². The Morgan fingerprint density at radius 2 is 1.78 bits per heavy atom. The molecule has 6 unspecified atom stereocenters. The van der Waals surface area contributed by atoms with E-state index in [9.17, 15) is 0 Å². The van der Waals surface area contributed by atoms with Gasteiger partial charge in [-0.25, -0.2) is 0 Å². The van der Waals surface area contributed by atoms with Crippen LogP contribution in [0.2, 0.25) is 0 Å². The first kappa shape index (κ1) is 14.3. The van der Waals surface area contributed by atoms with Crippen LogP contribution in [0.4, 0.5) is 0 Å². The molecule has 1 aliphatic carbocycles. The van der Waals surface area contributed by atoms with E-state index in [1.807, 2.05) is 0 Å². The van der Waals surface area contributed by atoms with Gasteiger partial charge in [0.05, 0.1) is 0 Å². The molecule has 0 amide bonds. The van der Waals surface area contributed by atoms with E-state index < -0.39 is 0 Å². The lowest BCUT2D eigenvalue weighted by Gasteiger charge is -2.47. The van der Waals surface area contributed by atoms with E-state index in [0.29, 0.717) is 0 Å². The highest BCUT2D eigenvalue weighted by Crippen LogP contribution is 2.40. The van der Waals surface area contributed by atoms with E-state index in [1.54, 1.807) is 0 Å². The molecule has 0 spiro atoms. The summed E-state index contributed by atoms with van der Waals surface area (Å²) >= 11 is 0. The molecule has 1 aliphatic heterocycles. The van der Waals surface area contributed by atoms with Crippen molar-refractivity contribution in [1.29, 1.82) is 0 Å². The number of hydrogen-bond donors (Lipinski definition) is 1. The number of piperidine rings is 1. The molecule has 2 heteroatoms.